The average molecular weight is 339 g/mol. The molecule has 0 saturated carbocycles. The van der Waals surface area contributed by atoms with Gasteiger partial charge in [0.1, 0.15) is 0 Å². The summed E-state index contributed by atoms with van der Waals surface area (Å²) >= 11 is 6.04. The Morgan fingerprint density at radius 2 is 2.00 bits per heavy atom. The molecule has 0 aliphatic rings. The molecule has 5 heteroatoms. The minimum atomic E-state index is 0.611. The summed E-state index contributed by atoms with van der Waals surface area (Å²) in [5.41, 5.74) is 1.18. The Morgan fingerprint density at radius 1 is 1.26 bits per heavy atom. The normalized spacial score (nSPS) is 12.1. The molecule has 0 atom stereocenters. The minimum Gasteiger partial charge on any atom is -0.356 e. The number of rotatable bonds is 8. The number of unbranched alkanes of at least 4 members (excludes halogenated alkanes) is 1. The minimum absolute atomic E-state index is 0.611. The molecule has 0 heterocycles. The molecule has 1 aromatic rings. The van der Waals surface area contributed by atoms with Gasteiger partial charge in [-0.3, -0.25) is 4.99 Å². The summed E-state index contributed by atoms with van der Waals surface area (Å²) in [7, 11) is 6.04. The van der Waals surface area contributed by atoms with Crippen LogP contribution in [0.4, 0.5) is 0 Å². The molecule has 0 aliphatic heterocycles. The van der Waals surface area contributed by atoms with E-state index >= 15 is 0 Å². The van der Waals surface area contributed by atoms with Crippen molar-refractivity contribution in [2.75, 3.05) is 34.2 Å². The van der Waals surface area contributed by atoms with E-state index in [0.717, 1.165) is 37.0 Å². The molecule has 0 spiro atoms. The Balaban J connectivity index is 2.33. The Labute approximate surface area is 146 Å². The third kappa shape index (κ3) is 7.71. The lowest BCUT2D eigenvalue weighted by Gasteiger charge is -2.23. The molecular formula is C18H31ClN4. The molecule has 0 aliphatic carbocycles. The van der Waals surface area contributed by atoms with Gasteiger partial charge in [-0.2, -0.15) is 0 Å². The van der Waals surface area contributed by atoms with Crippen molar-refractivity contribution in [2.45, 2.75) is 39.3 Å². The number of nitrogens with one attached hydrogen (secondary N) is 1. The van der Waals surface area contributed by atoms with Crippen LogP contribution in [0.2, 0.25) is 5.02 Å². The van der Waals surface area contributed by atoms with Crippen LogP contribution < -0.4 is 5.32 Å². The number of guanidine groups is 1. The highest BCUT2D eigenvalue weighted by atomic mass is 35.5. The van der Waals surface area contributed by atoms with Gasteiger partial charge in [-0.1, -0.05) is 23.7 Å². The monoisotopic (exact) mass is 338 g/mol. The Bertz CT molecular complexity index is 488. The van der Waals surface area contributed by atoms with E-state index in [-0.39, 0.29) is 0 Å². The van der Waals surface area contributed by atoms with E-state index in [1.807, 2.05) is 32.3 Å². The van der Waals surface area contributed by atoms with Crippen LogP contribution in [-0.4, -0.2) is 56.0 Å². The van der Waals surface area contributed by atoms with Crippen LogP contribution in [0, 0.1) is 0 Å². The van der Waals surface area contributed by atoms with Crippen LogP contribution in [0.1, 0.15) is 32.3 Å². The highest BCUT2D eigenvalue weighted by Gasteiger charge is 2.07. The molecule has 0 amide bonds. The Hall–Kier alpha value is -1.26. The summed E-state index contributed by atoms with van der Waals surface area (Å²) in [5, 5.41) is 4.20. The van der Waals surface area contributed by atoms with Gasteiger partial charge in [-0.05, 0) is 58.0 Å². The van der Waals surface area contributed by atoms with Gasteiger partial charge in [0.15, 0.2) is 5.96 Å². The summed E-state index contributed by atoms with van der Waals surface area (Å²) in [4.78, 5) is 8.85. The third-order valence-corrected chi connectivity index (χ3v) is 4.22. The molecule has 1 aromatic carbocycles. The zero-order valence-corrected chi connectivity index (χ0v) is 15.9. The number of hydrogen-bond donors (Lipinski definition) is 1. The number of aliphatic imine (C=N–C) groups is 1. The molecule has 0 aromatic heterocycles. The summed E-state index contributed by atoms with van der Waals surface area (Å²) in [5.74, 6) is 0.919. The first-order chi connectivity index (χ1) is 10.9. The number of hydrogen-bond acceptors (Lipinski definition) is 2. The molecule has 4 nitrogen and oxygen atoms in total. The second-order valence-corrected chi connectivity index (χ2v) is 6.68. The summed E-state index contributed by atoms with van der Waals surface area (Å²) < 4.78 is 0. The maximum absolute atomic E-state index is 6.04. The van der Waals surface area contributed by atoms with Crippen molar-refractivity contribution in [1.29, 1.82) is 0 Å². The lowest BCUT2D eigenvalue weighted by molar-refractivity contribution is 0.268. The van der Waals surface area contributed by atoms with Gasteiger partial charge in [0.05, 0.1) is 0 Å². The SMILES string of the molecule is CN=C(NCCCCN(C)C(C)C)N(C)Cc1cccc(Cl)c1. The van der Waals surface area contributed by atoms with Crippen molar-refractivity contribution in [1.82, 2.24) is 15.1 Å². The smallest absolute Gasteiger partial charge is 0.193 e. The molecule has 1 rings (SSSR count). The van der Waals surface area contributed by atoms with Gasteiger partial charge < -0.3 is 15.1 Å². The predicted octanol–water partition coefficient (Wildman–Crippen LogP) is 3.47. The molecule has 0 bridgehead atoms. The van der Waals surface area contributed by atoms with Gasteiger partial charge in [0.2, 0.25) is 0 Å². The van der Waals surface area contributed by atoms with E-state index in [2.05, 4.69) is 47.1 Å². The quantitative estimate of drug-likeness (QED) is 0.447. The maximum atomic E-state index is 6.04. The largest absolute Gasteiger partial charge is 0.356 e. The van der Waals surface area contributed by atoms with Crippen LogP contribution in [0.3, 0.4) is 0 Å². The summed E-state index contributed by atoms with van der Waals surface area (Å²) in [6.45, 7) is 7.32. The second kappa shape index (κ2) is 10.5. The molecule has 0 radical (unpaired) electrons. The van der Waals surface area contributed by atoms with Crippen LogP contribution in [0.5, 0.6) is 0 Å². The zero-order chi connectivity index (χ0) is 17.2. The predicted molar refractivity (Wildman–Crippen MR) is 101 cm³/mol. The Kier molecular flexibility index (Phi) is 9.03. The van der Waals surface area contributed by atoms with Crippen LogP contribution in [0.25, 0.3) is 0 Å². The van der Waals surface area contributed by atoms with Crippen molar-refractivity contribution < 1.29 is 0 Å². The van der Waals surface area contributed by atoms with E-state index in [1.165, 1.54) is 12.0 Å². The second-order valence-electron chi connectivity index (χ2n) is 6.24. The number of benzene rings is 1. The first-order valence-corrected chi connectivity index (χ1v) is 8.68. The fraction of sp³-hybridized carbons (Fsp3) is 0.611. The highest BCUT2D eigenvalue weighted by Crippen LogP contribution is 2.12. The highest BCUT2D eigenvalue weighted by molar-refractivity contribution is 6.30. The summed E-state index contributed by atoms with van der Waals surface area (Å²) in [6.07, 6.45) is 2.33. The van der Waals surface area contributed by atoms with E-state index in [0.29, 0.717) is 6.04 Å². The average Bonchev–Trinajstić information content (AvgIpc) is 2.50. The molecule has 130 valence electrons. The van der Waals surface area contributed by atoms with Crippen molar-refractivity contribution in [2.24, 2.45) is 4.99 Å². The third-order valence-electron chi connectivity index (χ3n) is 3.98. The first kappa shape index (κ1) is 19.8. The van der Waals surface area contributed by atoms with Crippen molar-refractivity contribution in [3.8, 4) is 0 Å². The number of halogens is 1. The van der Waals surface area contributed by atoms with Crippen molar-refractivity contribution in [3.05, 3.63) is 34.9 Å². The van der Waals surface area contributed by atoms with Crippen molar-refractivity contribution >= 4 is 17.6 Å². The molecule has 23 heavy (non-hydrogen) atoms. The van der Waals surface area contributed by atoms with Crippen LogP contribution in [0.15, 0.2) is 29.3 Å². The first-order valence-electron chi connectivity index (χ1n) is 8.30. The van der Waals surface area contributed by atoms with Crippen LogP contribution >= 0.6 is 11.6 Å². The van der Waals surface area contributed by atoms with E-state index in [9.17, 15) is 0 Å². The van der Waals surface area contributed by atoms with Gasteiger partial charge in [-0.15, -0.1) is 0 Å². The lowest BCUT2D eigenvalue weighted by Crippen LogP contribution is -2.39. The van der Waals surface area contributed by atoms with E-state index < -0.39 is 0 Å². The van der Waals surface area contributed by atoms with Crippen molar-refractivity contribution in [3.63, 3.8) is 0 Å². The topological polar surface area (TPSA) is 30.9 Å². The lowest BCUT2D eigenvalue weighted by atomic mass is 10.2. The van der Waals surface area contributed by atoms with E-state index in [1.54, 1.807) is 0 Å². The van der Waals surface area contributed by atoms with Gasteiger partial charge in [-0.25, -0.2) is 0 Å². The molecule has 0 fully saturated rings. The zero-order valence-electron chi connectivity index (χ0n) is 15.1. The molecular weight excluding hydrogens is 308 g/mol. The van der Waals surface area contributed by atoms with Crippen LogP contribution in [-0.2, 0) is 6.54 Å². The standard InChI is InChI=1S/C18H31ClN4/c1-15(2)22(4)12-7-6-11-21-18(20-3)23(5)14-16-9-8-10-17(19)13-16/h8-10,13,15H,6-7,11-12,14H2,1-5H3,(H,20,21). The fourth-order valence-corrected chi connectivity index (χ4v) is 2.53. The number of nitrogens with zero attached hydrogens (tertiary/aromatic N) is 3. The van der Waals surface area contributed by atoms with Gasteiger partial charge >= 0.3 is 0 Å². The molecule has 1 N–H and O–H groups in total. The molecule has 0 unspecified atom stereocenters. The maximum Gasteiger partial charge on any atom is 0.193 e. The Morgan fingerprint density at radius 3 is 2.61 bits per heavy atom. The fourth-order valence-electron chi connectivity index (χ4n) is 2.31. The summed E-state index contributed by atoms with van der Waals surface area (Å²) in [6, 6.07) is 8.56. The molecule has 0 saturated heterocycles. The van der Waals surface area contributed by atoms with Gasteiger partial charge in [0.25, 0.3) is 0 Å². The van der Waals surface area contributed by atoms with Gasteiger partial charge in [0, 0.05) is 38.2 Å². The van der Waals surface area contributed by atoms with E-state index in [4.69, 9.17) is 11.6 Å².